The van der Waals surface area contributed by atoms with Crippen molar-refractivity contribution in [2.45, 2.75) is 19.1 Å². The van der Waals surface area contributed by atoms with E-state index < -0.39 is 4.92 Å². The number of hydrogen-bond donors (Lipinski definition) is 2. The van der Waals surface area contributed by atoms with E-state index in [1.807, 2.05) is 6.92 Å². The van der Waals surface area contributed by atoms with Crippen LogP contribution in [0.5, 0.6) is 0 Å². The van der Waals surface area contributed by atoms with Crippen molar-refractivity contribution in [1.82, 2.24) is 5.32 Å². The van der Waals surface area contributed by atoms with Gasteiger partial charge in [-0.25, -0.2) is 0 Å². The minimum Gasteiger partial charge on any atom is -0.378 e. The summed E-state index contributed by atoms with van der Waals surface area (Å²) < 4.78 is 5.36. The van der Waals surface area contributed by atoms with Crippen LogP contribution in [-0.4, -0.2) is 37.3 Å². The van der Waals surface area contributed by atoms with E-state index in [1.165, 1.54) is 6.07 Å². The Balaban J connectivity index is 2.21. The summed E-state index contributed by atoms with van der Waals surface area (Å²) in [7, 11) is 1.67. The van der Waals surface area contributed by atoms with Crippen LogP contribution >= 0.6 is 11.6 Å². The number of benzene rings is 1. The first kappa shape index (κ1) is 14.0. The maximum Gasteiger partial charge on any atom is 0.288 e. The van der Waals surface area contributed by atoms with Crippen LogP contribution in [0.25, 0.3) is 0 Å². The van der Waals surface area contributed by atoms with Crippen molar-refractivity contribution in [1.29, 1.82) is 0 Å². The Labute approximate surface area is 116 Å². The number of rotatable bonds is 4. The van der Waals surface area contributed by atoms with Gasteiger partial charge in [-0.05, 0) is 18.6 Å². The van der Waals surface area contributed by atoms with Crippen molar-refractivity contribution in [3.8, 4) is 0 Å². The van der Waals surface area contributed by atoms with Crippen molar-refractivity contribution in [3.05, 3.63) is 32.8 Å². The zero-order valence-electron chi connectivity index (χ0n) is 10.8. The van der Waals surface area contributed by atoms with Gasteiger partial charge in [0.1, 0.15) is 5.02 Å². The molecule has 1 fully saturated rings. The van der Waals surface area contributed by atoms with E-state index in [0.717, 1.165) is 24.3 Å². The van der Waals surface area contributed by atoms with Crippen LogP contribution in [0, 0.1) is 17.0 Å². The van der Waals surface area contributed by atoms with Crippen LogP contribution < -0.4 is 10.6 Å². The number of methoxy groups -OCH3 is 1. The standard InChI is InChI=1S/C12H16ClN3O3/c1-7-3-11(16(17)18)8(13)4-9(7)15-10-5-14-6-12(10)19-2/h3-4,10,12,14-15H,5-6H2,1-2H3/t10?,12-/m0/s1. The fourth-order valence-corrected chi connectivity index (χ4v) is 2.44. The van der Waals surface area contributed by atoms with E-state index >= 15 is 0 Å². The number of aryl methyl sites for hydroxylation is 1. The molecule has 2 rings (SSSR count). The molecule has 1 unspecified atom stereocenters. The quantitative estimate of drug-likeness (QED) is 0.653. The van der Waals surface area contributed by atoms with E-state index in [4.69, 9.17) is 16.3 Å². The van der Waals surface area contributed by atoms with Crippen LogP contribution in [0.2, 0.25) is 5.02 Å². The van der Waals surface area contributed by atoms with Gasteiger partial charge in [-0.3, -0.25) is 10.1 Å². The molecule has 0 bridgehead atoms. The molecule has 1 aromatic rings. The number of ether oxygens (including phenoxy) is 1. The highest BCUT2D eigenvalue weighted by molar-refractivity contribution is 6.33. The van der Waals surface area contributed by atoms with Crippen molar-refractivity contribution in [2.75, 3.05) is 25.5 Å². The predicted molar refractivity (Wildman–Crippen MR) is 73.9 cm³/mol. The molecule has 0 radical (unpaired) electrons. The molecule has 104 valence electrons. The molecule has 1 heterocycles. The highest BCUT2D eigenvalue weighted by Crippen LogP contribution is 2.31. The zero-order valence-corrected chi connectivity index (χ0v) is 11.5. The fourth-order valence-electron chi connectivity index (χ4n) is 2.21. The lowest BCUT2D eigenvalue weighted by Crippen LogP contribution is -2.33. The molecule has 0 spiro atoms. The minimum atomic E-state index is -0.478. The normalized spacial score (nSPS) is 22.5. The number of nitrogens with one attached hydrogen (secondary N) is 2. The Morgan fingerprint density at radius 1 is 1.53 bits per heavy atom. The first-order chi connectivity index (χ1) is 9.02. The Hall–Kier alpha value is -1.37. The van der Waals surface area contributed by atoms with Gasteiger partial charge in [-0.15, -0.1) is 0 Å². The largest absolute Gasteiger partial charge is 0.378 e. The third kappa shape index (κ3) is 2.97. The Kier molecular flexibility index (Phi) is 4.24. The lowest BCUT2D eigenvalue weighted by molar-refractivity contribution is -0.384. The molecular formula is C12H16ClN3O3. The Morgan fingerprint density at radius 2 is 2.26 bits per heavy atom. The van der Waals surface area contributed by atoms with E-state index in [1.54, 1.807) is 13.2 Å². The average Bonchev–Trinajstić information content (AvgIpc) is 2.80. The number of nitro groups is 1. The Morgan fingerprint density at radius 3 is 2.89 bits per heavy atom. The molecule has 0 aliphatic carbocycles. The predicted octanol–water partition coefficient (Wildman–Crippen LogP) is 1.96. The summed E-state index contributed by atoms with van der Waals surface area (Å²) in [6.45, 7) is 3.39. The topological polar surface area (TPSA) is 76.4 Å². The number of nitrogens with zero attached hydrogens (tertiary/aromatic N) is 1. The van der Waals surface area contributed by atoms with Crippen molar-refractivity contribution < 1.29 is 9.66 Å². The lowest BCUT2D eigenvalue weighted by Gasteiger charge is -2.21. The smallest absolute Gasteiger partial charge is 0.288 e. The molecule has 0 saturated carbocycles. The highest BCUT2D eigenvalue weighted by atomic mass is 35.5. The van der Waals surface area contributed by atoms with Crippen molar-refractivity contribution in [2.24, 2.45) is 0 Å². The molecule has 2 atom stereocenters. The van der Waals surface area contributed by atoms with Crippen LogP contribution in [0.3, 0.4) is 0 Å². The van der Waals surface area contributed by atoms with Gasteiger partial charge >= 0.3 is 0 Å². The number of anilines is 1. The molecule has 1 aromatic carbocycles. The molecular weight excluding hydrogens is 270 g/mol. The molecule has 7 heteroatoms. The Bertz CT molecular complexity index is 495. The highest BCUT2D eigenvalue weighted by Gasteiger charge is 2.27. The fraction of sp³-hybridized carbons (Fsp3) is 0.500. The van der Waals surface area contributed by atoms with Gasteiger partial charge < -0.3 is 15.4 Å². The summed E-state index contributed by atoms with van der Waals surface area (Å²) >= 11 is 5.92. The summed E-state index contributed by atoms with van der Waals surface area (Å²) in [4.78, 5) is 10.3. The second-order valence-electron chi connectivity index (χ2n) is 4.56. The molecule has 0 aromatic heterocycles. The van der Waals surface area contributed by atoms with E-state index in [2.05, 4.69) is 10.6 Å². The molecule has 1 aliphatic heterocycles. The van der Waals surface area contributed by atoms with E-state index in [-0.39, 0.29) is 22.9 Å². The SMILES string of the molecule is CO[C@H]1CNCC1Nc1cc(Cl)c([N+](=O)[O-])cc1C. The van der Waals surface area contributed by atoms with Gasteiger partial charge in [0.05, 0.1) is 17.1 Å². The van der Waals surface area contributed by atoms with Gasteiger partial charge in [0.2, 0.25) is 0 Å². The van der Waals surface area contributed by atoms with Crippen LogP contribution in [0.4, 0.5) is 11.4 Å². The summed E-state index contributed by atoms with van der Waals surface area (Å²) in [5, 5.41) is 17.5. The van der Waals surface area contributed by atoms with Gasteiger partial charge in [-0.2, -0.15) is 0 Å². The third-order valence-electron chi connectivity index (χ3n) is 3.29. The maximum atomic E-state index is 10.8. The number of halogens is 1. The zero-order chi connectivity index (χ0) is 14.0. The van der Waals surface area contributed by atoms with E-state index in [0.29, 0.717) is 0 Å². The molecule has 2 N–H and O–H groups in total. The van der Waals surface area contributed by atoms with Gasteiger partial charge in [0.25, 0.3) is 5.69 Å². The monoisotopic (exact) mass is 285 g/mol. The minimum absolute atomic E-state index is 0.0717. The van der Waals surface area contributed by atoms with E-state index in [9.17, 15) is 10.1 Å². The van der Waals surface area contributed by atoms with Gasteiger partial charge in [-0.1, -0.05) is 11.6 Å². The van der Waals surface area contributed by atoms with Crippen LogP contribution in [0.15, 0.2) is 12.1 Å². The number of nitro benzene ring substituents is 1. The second-order valence-corrected chi connectivity index (χ2v) is 4.97. The average molecular weight is 286 g/mol. The maximum absolute atomic E-state index is 10.8. The third-order valence-corrected chi connectivity index (χ3v) is 3.60. The van der Waals surface area contributed by atoms with Gasteiger partial charge in [0.15, 0.2) is 0 Å². The second kappa shape index (κ2) is 5.73. The molecule has 19 heavy (non-hydrogen) atoms. The molecule has 1 aliphatic rings. The lowest BCUT2D eigenvalue weighted by atomic mass is 10.1. The molecule has 6 nitrogen and oxygen atoms in total. The summed E-state index contributed by atoms with van der Waals surface area (Å²) in [5.74, 6) is 0. The number of hydrogen-bond acceptors (Lipinski definition) is 5. The van der Waals surface area contributed by atoms with Crippen molar-refractivity contribution >= 4 is 23.0 Å². The van der Waals surface area contributed by atoms with Gasteiger partial charge in [0, 0.05) is 32.0 Å². The summed E-state index contributed by atoms with van der Waals surface area (Å²) in [6.07, 6.45) is 0.0772. The van der Waals surface area contributed by atoms with Crippen LogP contribution in [0.1, 0.15) is 5.56 Å². The first-order valence-corrected chi connectivity index (χ1v) is 6.35. The van der Waals surface area contributed by atoms with Crippen molar-refractivity contribution in [3.63, 3.8) is 0 Å². The molecule has 0 amide bonds. The first-order valence-electron chi connectivity index (χ1n) is 5.97. The molecule has 1 saturated heterocycles. The summed E-state index contributed by atoms with van der Waals surface area (Å²) in [5.41, 5.74) is 1.52. The van der Waals surface area contributed by atoms with Crippen LogP contribution in [-0.2, 0) is 4.74 Å². The summed E-state index contributed by atoms with van der Waals surface area (Å²) in [6, 6.07) is 3.20.